The Balaban J connectivity index is 2.03. The minimum absolute atomic E-state index is 0.257. The monoisotopic (exact) mass is 284 g/mol. The highest BCUT2D eigenvalue weighted by atomic mass is 16.5. The van der Waals surface area contributed by atoms with Crippen molar-refractivity contribution in [3.63, 3.8) is 0 Å². The molecule has 6 heteroatoms. The van der Waals surface area contributed by atoms with Crippen molar-refractivity contribution in [3.05, 3.63) is 0 Å². The number of rotatable bonds is 2. The summed E-state index contributed by atoms with van der Waals surface area (Å²) in [4.78, 5) is 25.7. The van der Waals surface area contributed by atoms with Gasteiger partial charge in [0.15, 0.2) is 0 Å². The molecule has 114 valence electrons. The molecule has 0 aliphatic carbocycles. The lowest BCUT2D eigenvalue weighted by atomic mass is 9.89. The number of carbonyl (C=O) groups is 2. The fourth-order valence-corrected chi connectivity index (χ4v) is 3.22. The molecule has 0 aromatic rings. The molecule has 20 heavy (non-hydrogen) atoms. The zero-order valence-electron chi connectivity index (χ0n) is 12.2. The lowest BCUT2D eigenvalue weighted by Crippen LogP contribution is -2.61. The largest absolute Gasteiger partial charge is 0.480 e. The Morgan fingerprint density at radius 3 is 2.25 bits per heavy atom. The lowest BCUT2D eigenvalue weighted by molar-refractivity contribution is -0.148. The van der Waals surface area contributed by atoms with E-state index in [-0.39, 0.29) is 6.03 Å². The van der Waals surface area contributed by atoms with Crippen molar-refractivity contribution >= 4 is 12.0 Å². The van der Waals surface area contributed by atoms with Crippen molar-refractivity contribution in [3.8, 4) is 0 Å². The average Bonchev–Trinajstić information content (AvgIpc) is 2.38. The number of amides is 2. The number of urea groups is 1. The number of hydrogen-bond acceptors (Lipinski definition) is 3. The predicted octanol–water partition coefficient (Wildman–Crippen LogP) is 1.31. The number of carboxylic acid groups (broad SMARTS) is 1. The number of aliphatic carboxylic acids is 1. The third-order valence-corrected chi connectivity index (χ3v) is 4.26. The van der Waals surface area contributed by atoms with E-state index in [0.29, 0.717) is 51.0 Å². The summed E-state index contributed by atoms with van der Waals surface area (Å²) in [5.74, 6) is -0.0489. The lowest BCUT2D eigenvalue weighted by Gasteiger charge is -2.39. The molecule has 6 nitrogen and oxygen atoms in total. The molecular weight excluding hydrogens is 260 g/mol. The summed E-state index contributed by atoms with van der Waals surface area (Å²) in [5, 5.41) is 12.2. The van der Waals surface area contributed by atoms with Gasteiger partial charge in [0, 0.05) is 39.1 Å². The number of carbonyl (C=O) groups excluding carboxylic acids is 1. The first-order valence-electron chi connectivity index (χ1n) is 7.31. The Morgan fingerprint density at radius 2 is 1.75 bits per heavy atom. The summed E-state index contributed by atoms with van der Waals surface area (Å²) in [6.45, 7) is 6.39. The molecule has 2 unspecified atom stereocenters. The fraction of sp³-hybridized carbons (Fsp3) is 0.857. The number of nitrogens with zero attached hydrogens (tertiary/aromatic N) is 1. The molecule has 0 bridgehead atoms. The molecule has 2 heterocycles. The molecule has 2 aliphatic heterocycles. The zero-order valence-corrected chi connectivity index (χ0v) is 12.2. The van der Waals surface area contributed by atoms with Crippen molar-refractivity contribution in [2.45, 2.75) is 38.6 Å². The maximum atomic E-state index is 12.4. The van der Waals surface area contributed by atoms with Crippen LogP contribution in [0.25, 0.3) is 0 Å². The first kappa shape index (κ1) is 15.1. The standard InChI is InChI=1S/C14H24N2O4/c1-10-7-11(2)9-16(8-10)13(19)15-14(12(17)18)3-5-20-6-4-14/h10-11H,3-9H2,1-2H3,(H,15,19)(H,17,18). The highest BCUT2D eigenvalue weighted by molar-refractivity contribution is 5.86. The van der Waals surface area contributed by atoms with E-state index in [9.17, 15) is 14.7 Å². The van der Waals surface area contributed by atoms with Crippen LogP contribution in [0.3, 0.4) is 0 Å². The molecule has 2 atom stereocenters. The minimum Gasteiger partial charge on any atom is -0.480 e. The van der Waals surface area contributed by atoms with Gasteiger partial charge in [-0.05, 0) is 18.3 Å². The first-order valence-corrected chi connectivity index (χ1v) is 7.31. The van der Waals surface area contributed by atoms with Crippen molar-refractivity contribution in [2.75, 3.05) is 26.3 Å². The Morgan fingerprint density at radius 1 is 1.20 bits per heavy atom. The van der Waals surface area contributed by atoms with Gasteiger partial charge in [-0.3, -0.25) is 0 Å². The Kier molecular flexibility index (Phi) is 4.52. The number of nitrogens with one attached hydrogen (secondary N) is 1. The molecule has 2 aliphatic rings. The van der Waals surface area contributed by atoms with Crippen LogP contribution in [0.15, 0.2) is 0 Å². The second-order valence-corrected chi connectivity index (χ2v) is 6.28. The summed E-state index contributed by atoms with van der Waals surface area (Å²) in [5.41, 5.74) is -1.17. The molecular formula is C14H24N2O4. The quantitative estimate of drug-likeness (QED) is 0.801. The van der Waals surface area contributed by atoms with E-state index in [1.165, 1.54) is 0 Å². The van der Waals surface area contributed by atoms with E-state index in [4.69, 9.17) is 4.74 Å². The van der Waals surface area contributed by atoms with Crippen molar-refractivity contribution in [1.29, 1.82) is 0 Å². The number of piperidine rings is 1. The van der Waals surface area contributed by atoms with Crippen LogP contribution in [0.5, 0.6) is 0 Å². The predicted molar refractivity (Wildman–Crippen MR) is 73.5 cm³/mol. The summed E-state index contributed by atoms with van der Waals surface area (Å²) in [6, 6.07) is -0.257. The number of carboxylic acids is 1. The van der Waals surface area contributed by atoms with Gasteiger partial charge in [-0.1, -0.05) is 13.8 Å². The van der Waals surface area contributed by atoms with Crippen LogP contribution in [0, 0.1) is 11.8 Å². The summed E-state index contributed by atoms with van der Waals surface area (Å²) in [7, 11) is 0. The normalized spacial score (nSPS) is 29.8. The van der Waals surface area contributed by atoms with Gasteiger partial charge in [0.25, 0.3) is 0 Å². The van der Waals surface area contributed by atoms with Gasteiger partial charge in [-0.25, -0.2) is 9.59 Å². The van der Waals surface area contributed by atoms with Gasteiger partial charge in [-0.2, -0.15) is 0 Å². The summed E-state index contributed by atoms with van der Waals surface area (Å²) in [6.07, 6.45) is 1.77. The second-order valence-electron chi connectivity index (χ2n) is 6.28. The molecule has 0 aromatic carbocycles. The van der Waals surface area contributed by atoms with Gasteiger partial charge >= 0.3 is 12.0 Å². The maximum Gasteiger partial charge on any atom is 0.329 e. The van der Waals surface area contributed by atoms with Gasteiger partial charge in [0.1, 0.15) is 5.54 Å². The van der Waals surface area contributed by atoms with Crippen molar-refractivity contribution < 1.29 is 19.4 Å². The van der Waals surface area contributed by atoms with Gasteiger partial charge in [0.2, 0.25) is 0 Å². The molecule has 2 saturated heterocycles. The van der Waals surface area contributed by atoms with E-state index in [1.54, 1.807) is 4.90 Å². The number of hydrogen-bond donors (Lipinski definition) is 2. The van der Waals surface area contributed by atoms with E-state index in [1.807, 2.05) is 0 Å². The Hall–Kier alpha value is -1.30. The van der Waals surface area contributed by atoms with Crippen LogP contribution in [0.4, 0.5) is 4.79 Å². The highest BCUT2D eigenvalue weighted by Crippen LogP contribution is 2.24. The molecule has 0 saturated carbocycles. The van der Waals surface area contributed by atoms with E-state index in [0.717, 1.165) is 6.42 Å². The minimum atomic E-state index is -1.17. The maximum absolute atomic E-state index is 12.4. The van der Waals surface area contributed by atoms with Gasteiger partial charge in [0.05, 0.1) is 0 Å². The van der Waals surface area contributed by atoms with Crippen LogP contribution in [0.1, 0.15) is 33.1 Å². The smallest absolute Gasteiger partial charge is 0.329 e. The topological polar surface area (TPSA) is 78.9 Å². The van der Waals surface area contributed by atoms with Crippen molar-refractivity contribution in [2.24, 2.45) is 11.8 Å². The highest BCUT2D eigenvalue weighted by Gasteiger charge is 2.43. The van der Waals surface area contributed by atoms with Gasteiger partial charge in [-0.15, -0.1) is 0 Å². The van der Waals surface area contributed by atoms with Crippen LogP contribution in [0.2, 0.25) is 0 Å². The molecule has 0 spiro atoms. The van der Waals surface area contributed by atoms with E-state index >= 15 is 0 Å². The SMILES string of the molecule is CC1CC(C)CN(C(=O)NC2(C(=O)O)CCOCC2)C1. The van der Waals surface area contributed by atoms with Crippen LogP contribution in [-0.2, 0) is 9.53 Å². The van der Waals surface area contributed by atoms with Crippen LogP contribution in [-0.4, -0.2) is 53.8 Å². The molecule has 0 radical (unpaired) electrons. The molecule has 0 aromatic heterocycles. The third-order valence-electron chi connectivity index (χ3n) is 4.26. The van der Waals surface area contributed by atoms with Gasteiger partial charge < -0.3 is 20.1 Å². The number of ether oxygens (including phenoxy) is 1. The van der Waals surface area contributed by atoms with E-state index < -0.39 is 11.5 Å². The van der Waals surface area contributed by atoms with Crippen LogP contribution < -0.4 is 5.32 Å². The van der Waals surface area contributed by atoms with Crippen LogP contribution >= 0.6 is 0 Å². The van der Waals surface area contributed by atoms with Crippen molar-refractivity contribution in [1.82, 2.24) is 10.2 Å². The second kappa shape index (κ2) is 5.99. The molecule has 2 fully saturated rings. The Bertz CT molecular complexity index is 369. The van der Waals surface area contributed by atoms with E-state index in [2.05, 4.69) is 19.2 Å². The first-order chi connectivity index (χ1) is 9.43. The summed E-state index contributed by atoms with van der Waals surface area (Å²) >= 11 is 0. The third kappa shape index (κ3) is 3.23. The molecule has 2 rings (SSSR count). The number of likely N-dealkylation sites (tertiary alicyclic amines) is 1. The zero-order chi connectivity index (χ0) is 14.8. The molecule has 2 N–H and O–H groups in total. The summed E-state index contributed by atoms with van der Waals surface area (Å²) < 4.78 is 5.21. The average molecular weight is 284 g/mol. The fourth-order valence-electron chi connectivity index (χ4n) is 3.22. The molecule has 2 amide bonds. The Labute approximate surface area is 119 Å².